The Morgan fingerprint density at radius 3 is 2.39 bits per heavy atom. The summed E-state index contributed by atoms with van der Waals surface area (Å²) in [7, 11) is 0. The average molecular weight is 506 g/mol. The summed E-state index contributed by atoms with van der Waals surface area (Å²) in [6, 6.07) is 3.44. The molecule has 1 fully saturated rings. The molecule has 0 spiro atoms. The van der Waals surface area contributed by atoms with E-state index in [0.29, 0.717) is 52.7 Å². The number of anilines is 1. The molecule has 0 radical (unpaired) electrons. The SMILES string of the molecule is NCCOCCOCCOCCNCC(=O)Nc1cccc2c1C(=O)N(C1CCC(=O)NC1=O)C2=O. The number of rotatable bonds is 15. The molecule has 196 valence electrons. The second-order valence-corrected chi connectivity index (χ2v) is 8.03. The number of ether oxygens (including phenoxy) is 3. The van der Waals surface area contributed by atoms with Crippen LogP contribution in [0.15, 0.2) is 18.2 Å². The molecule has 0 bridgehead atoms. The van der Waals surface area contributed by atoms with Crippen LogP contribution in [0.25, 0.3) is 0 Å². The zero-order valence-electron chi connectivity index (χ0n) is 19.9. The minimum atomic E-state index is -1.07. The summed E-state index contributed by atoms with van der Waals surface area (Å²) in [5, 5.41) is 7.72. The molecule has 3 rings (SSSR count). The molecule has 36 heavy (non-hydrogen) atoms. The monoisotopic (exact) mass is 505 g/mol. The first-order chi connectivity index (χ1) is 17.4. The summed E-state index contributed by atoms with van der Waals surface area (Å²) in [5.74, 6) is -2.88. The number of nitrogens with zero attached hydrogens (tertiary/aromatic N) is 1. The molecule has 13 heteroatoms. The topological polar surface area (TPSA) is 178 Å². The van der Waals surface area contributed by atoms with Crippen LogP contribution in [-0.2, 0) is 28.6 Å². The highest BCUT2D eigenvalue weighted by Crippen LogP contribution is 2.32. The molecule has 0 aromatic heterocycles. The Hall–Kier alpha value is -3.23. The Labute approximate surface area is 208 Å². The maximum atomic E-state index is 13.0. The van der Waals surface area contributed by atoms with Gasteiger partial charge in [0.1, 0.15) is 6.04 Å². The number of benzene rings is 1. The van der Waals surface area contributed by atoms with E-state index in [1.54, 1.807) is 6.07 Å². The standard InChI is InChI=1S/C23H31N5O8/c24-6-8-34-10-12-36-13-11-35-9-7-25-14-19(30)26-16-3-1-2-15-20(16)23(33)28(22(15)32)17-4-5-18(29)27-21(17)31/h1-3,17,25H,4-14,24H2,(H,26,30)(H,27,29,31). The van der Waals surface area contributed by atoms with Crippen molar-refractivity contribution < 1.29 is 38.2 Å². The normalized spacial score (nSPS) is 17.4. The van der Waals surface area contributed by atoms with E-state index < -0.39 is 35.6 Å². The zero-order chi connectivity index (χ0) is 25.9. The van der Waals surface area contributed by atoms with Crippen molar-refractivity contribution in [3.8, 4) is 0 Å². The van der Waals surface area contributed by atoms with Gasteiger partial charge in [-0.2, -0.15) is 0 Å². The van der Waals surface area contributed by atoms with Gasteiger partial charge in [0.2, 0.25) is 17.7 Å². The number of fused-ring (bicyclic) bond motifs is 1. The van der Waals surface area contributed by atoms with Gasteiger partial charge >= 0.3 is 0 Å². The first-order valence-electron chi connectivity index (χ1n) is 11.7. The van der Waals surface area contributed by atoms with E-state index in [1.807, 2.05) is 0 Å². The van der Waals surface area contributed by atoms with Crippen molar-refractivity contribution >= 4 is 35.2 Å². The molecule has 5 amide bonds. The summed E-state index contributed by atoms with van der Waals surface area (Å²) in [6.45, 7) is 3.49. The number of hydrogen-bond donors (Lipinski definition) is 4. The lowest BCUT2D eigenvalue weighted by Crippen LogP contribution is -2.54. The van der Waals surface area contributed by atoms with Crippen molar-refractivity contribution in [2.45, 2.75) is 18.9 Å². The van der Waals surface area contributed by atoms with Gasteiger partial charge in [0.05, 0.1) is 63.0 Å². The summed E-state index contributed by atoms with van der Waals surface area (Å²) in [4.78, 5) is 62.8. The summed E-state index contributed by atoms with van der Waals surface area (Å²) in [5.41, 5.74) is 5.61. The predicted octanol–water partition coefficient (Wildman–Crippen LogP) is -1.38. The van der Waals surface area contributed by atoms with Gasteiger partial charge in [-0.25, -0.2) is 0 Å². The number of carbonyl (C=O) groups is 5. The lowest BCUT2D eigenvalue weighted by atomic mass is 10.0. The van der Waals surface area contributed by atoms with Gasteiger partial charge in [0.15, 0.2) is 0 Å². The van der Waals surface area contributed by atoms with E-state index in [-0.39, 0.29) is 36.2 Å². The van der Waals surface area contributed by atoms with Gasteiger partial charge in [0.25, 0.3) is 11.8 Å². The summed E-state index contributed by atoms with van der Waals surface area (Å²) in [6.07, 6.45) is 0.0825. The average Bonchev–Trinajstić information content (AvgIpc) is 3.10. The fourth-order valence-corrected chi connectivity index (χ4v) is 3.78. The van der Waals surface area contributed by atoms with Crippen LogP contribution in [0.1, 0.15) is 33.6 Å². The van der Waals surface area contributed by atoms with Gasteiger partial charge in [0, 0.05) is 19.5 Å². The fourth-order valence-electron chi connectivity index (χ4n) is 3.78. The fraction of sp³-hybridized carbons (Fsp3) is 0.522. The van der Waals surface area contributed by atoms with E-state index in [9.17, 15) is 24.0 Å². The van der Waals surface area contributed by atoms with Crippen LogP contribution in [0.2, 0.25) is 0 Å². The number of carbonyl (C=O) groups excluding carboxylic acids is 5. The number of imide groups is 2. The maximum absolute atomic E-state index is 13.0. The molecular weight excluding hydrogens is 474 g/mol. The molecule has 1 unspecified atom stereocenters. The molecule has 0 saturated carbocycles. The van der Waals surface area contributed by atoms with Crippen molar-refractivity contribution in [1.82, 2.24) is 15.5 Å². The van der Waals surface area contributed by atoms with Crippen LogP contribution in [0, 0.1) is 0 Å². The number of amides is 5. The first kappa shape index (κ1) is 27.4. The maximum Gasteiger partial charge on any atom is 0.264 e. The third kappa shape index (κ3) is 7.15. The second kappa shape index (κ2) is 13.8. The molecule has 0 aliphatic carbocycles. The lowest BCUT2D eigenvalue weighted by molar-refractivity contribution is -0.136. The number of hydrogen-bond acceptors (Lipinski definition) is 10. The molecule has 13 nitrogen and oxygen atoms in total. The summed E-state index contributed by atoms with van der Waals surface area (Å²) < 4.78 is 15.9. The molecule has 5 N–H and O–H groups in total. The summed E-state index contributed by atoms with van der Waals surface area (Å²) >= 11 is 0. The predicted molar refractivity (Wildman–Crippen MR) is 126 cm³/mol. The molecular formula is C23H31N5O8. The minimum Gasteiger partial charge on any atom is -0.378 e. The van der Waals surface area contributed by atoms with Gasteiger partial charge in [-0.15, -0.1) is 0 Å². The number of piperidine rings is 1. The van der Waals surface area contributed by atoms with Gasteiger partial charge < -0.3 is 30.6 Å². The molecule has 1 atom stereocenters. The van der Waals surface area contributed by atoms with Crippen LogP contribution < -0.4 is 21.7 Å². The van der Waals surface area contributed by atoms with Crippen molar-refractivity contribution in [2.75, 3.05) is 64.6 Å². The van der Waals surface area contributed by atoms with Crippen LogP contribution in [0.3, 0.4) is 0 Å². The van der Waals surface area contributed by atoms with Crippen molar-refractivity contribution in [2.24, 2.45) is 5.73 Å². The first-order valence-corrected chi connectivity index (χ1v) is 11.7. The molecule has 1 saturated heterocycles. The highest BCUT2D eigenvalue weighted by atomic mass is 16.5. The van der Waals surface area contributed by atoms with Crippen molar-refractivity contribution in [3.63, 3.8) is 0 Å². The zero-order valence-corrected chi connectivity index (χ0v) is 19.9. The minimum absolute atomic E-state index is 0.0253. The van der Waals surface area contributed by atoms with E-state index >= 15 is 0 Å². The Bertz CT molecular complexity index is 985. The molecule has 1 aromatic carbocycles. The van der Waals surface area contributed by atoms with E-state index in [4.69, 9.17) is 19.9 Å². The van der Waals surface area contributed by atoms with Crippen LogP contribution in [-0.4, -0.2) is 99.8 Å². The van der Waals surface area contributed by atoms with Crippen molar-refractivity contribution in [1.29, 1.82) is 0 Å². The van der Waals surface area contributed by atoms with Crippen LogP contribution >= 0.6 is 0 Å². The molecule has 1 aromatic rings. The highest BCUT2D eigenvalue weighted by Gasteiger charge is 2.45. The number of nitrogens with one attached hydrogen (secondary N) is 3. The van der Waals surface area contributed by atoms with Gasteiger partial charge in [-0.3, -0.25) is 34.2 Å². The van der Waals surface area contributed by atoms with Crippen LogP contribution in [0.5, 0.6) is 0 Å². The van der Waals surface area contributed by atoms with Gasteiger partial charge in [-0.1, -0.05) is 6.07 Å². The highest BCUT2D eigenvalue weighted by molar-refractivity contribution is 6.26. The van der Waals surface area contributed by atoms with E-state index in [1.165, 1.54) is 12.1 Å². The van der Waals surface area contributed by atoms with E-state index in [2.05, 4.69) is 16.0 Å². The molecule has 2 aliphatic rings. The third-order valence-electron chi connectivity index (χ3n) is 5.46. The second-order valence-electron chi connectivity index (χ2n) is 8.03. The van der Waals surface area contributed by atoms with Crippen LogP contribution in [0.4, 0.5) is 5.69 Å². The smallest absolute Gasteiger partial charge is 0.264 e. The largest absolute Gasteiger partial charge is 0.378 e. The van der Waals surface area contributed by atoms with Crippen molar-refractivity contribution in [3.05, 3.63) is 29.3 Å². The quantitative estimate of drug-likeness (QED) is 0.164. The molecule has 2 heterocycles. The number of nitrogens with two attached hydrogens (primary N) is 1. The third-order valence-corrected chi connectivity index (χ3v) is 5.46. The van der Waals surface area contributed by atoms with Gasteiger partial charge in [-0.05, 0) is 18.6 Å². The Balaban J connectivity index is 1.41. The Morgan fingerprint density at radius 2 is 1.69 bits per heavy atom. The van der Waals surface area contributed by atoms with E-state index in [0.717, 1.165) is 4.90 Å². The Kier molecular flexibility index (Phi) is 10.5. The molecule has 2 aliphatic heterocycles. The lowest BCUT2D eigenvalue weighted by Gasteiger charge is -2.27. The Morgan fingerprint density at radius 1 is 1.00 bits per heavy atom.